The van der Waals surface area contributed by atoms with Crippen molar-refractivity contribution in [3.8, 4) is 0 Å². The Morgan fingerprint density at radius 2 is 2.03 bits per heavy atom. The van der Waals surface area contributed by atoms with E-state index in [1.807, 2.05) is 5.51 Å². The van der Waals surface area contributed by atoms with Gasteiger partial charge in [0.2, 0.25) is 0 Å². The van der Waals surface area contributed by atoms with E-state index in [-0.39, 0.29) is 11.6 Å². The van der Waals surface area contributed by atoms with Crippen LogP contribution in [-0.4, -0.2) is 49.8 Å². The van der Waals surface area contributed by atoms with Crippen LogP contribution < -0.4 is 10.5 Å². The first-order chi connectivity index (χ1) is 14.4. The lowest BCUT2D eigenvalue weighted by Crippen LogP contribution is -2.57. The Bertz CT molecular complexity index is 1270. The van der Waals surface area contributed by atoms with Gasteiger partial charge in [-0.2, -0.15) is 5.10 Å². The van der Waals surface area contributed by atoms with E-state index in [4.69, 9.17) is 0 Å². The average Bonchev–Trinajstić information content (AvgIpc) is 3.40. The van der Waals surface area contributed by atoms with Crippen molar-refractivity contribution < 1.29 is 0 Å². The number of aromatic amines is 1. The summed E-state index contributed by atoms with van der Waals surface area (Å²) in [6, 6.07) is 9.24. The SMILES string of the molecule is CC(c1ccc2ncsc2c1)N1C[C@H](C)N(c2cc(=O)n(C)c3c[nH]nc23)C[C@H]1C. The van der Waals surface area contributed by atoms with Crippen LogP contribution in [-0.2, 0) is 7.05 Å². The zero-order chi connectivity index (χ0) is 21.0. The van der Waals surface area contributed by atoms with E-state index in [2.05, 4.69) is 64.0 Å². The van der Waals surface area contributed by atoms with Crippen molar-refractivity contribution in [1.82, 2.24) is 24.6 Å². The molecule has 0 aliphatic carbocycles. The number of H-pyrrole nitrogens is 1. The van der Waals surface area contributed by atoms with E-state index >= 15 is 0 Å². The lowest BCUT2D eigenvalue weighted by atomic mass is 10.00. The second kappa shape index (κ2) is 7.21. The van der Waals surface area contributed by atoms with Gasteiger partial charge < -0.3 is 9.47 Å². The van der Waals surface area contributed by atoms with E-state index in [1.54, 1.807) is 35.2 Å². The summed E-state index contributed by atoms with van der Waals surface area (Å²) in [6.45, 7) is 8.55. The smallest absolute Gasteiger partial charge is 0.252 e. The molecule has 8 heteroatoms. The minimum Gasteiger partial charge on any atom is -0.364 e. The third-order valence-corrected chi connectivity index (χ3v) is 7.29. The molecule has 1 aromatic carbocycles. The van der Waals surface area contributed by atoms with Crippen LogP contribution in [0, 0.1) is 0 Å². The molecule has 1 N–H and O–H groups in total. The van der Waals surface area contributed by atoms with Gasteiger partial charge in [-0.1, -0.05) is 6.07 Å². The van der Waals surface area contributed by atoms with E-state index in [9.17, 15) is 4.79 Å². The number of pyridine rings is 1. The second-order valence-corrected chi connectivity index (χ2v) is 9.23. The van der Waals surface area contributed by atoms with Crippen molar-refractivity contribution in [3.05, 3.63) is 51.9 Å². The van der Waals surface area contributed by atoms with Crippen molar-refractivity contribution in [2.75, 3.05) is 18.0 Å². The molecule has 1 aliphatic heterocycles. The van der Waals surface area contributed by atoms with Gasteiger partial charge in [-0.05, 0) is 38.5 Å². The predicted molar refractivity (Wildman–Crippen MR) is 122 cm³/mol. The fourth-order valence-corrected chi connectivity index (χ4v) is 5.42. The number of benzene rings is 1. The van der Waals surface area contributed by atoms with E-state index in [1.165, 1.54) is 10.3 Å². The topological polar surface area (TPSA) is 70.1 Å². The maximum atomic E-state index is 12.5. The molecule has 3 aromatic heterocycles. The average molecular weight is 423 g/mol. The Hall–Kier alpha value is -2.71. The maximum absolute atomic E-state index is 12.5. The molecule has 0 saturated carbocycles. The lowest BCUT2D eigenvalue weighted by Gasteiger charge is -2.47. The van der Waals surface area contributed by atoms with Crippen LogP contribution in [0.1, 0.15) is 32.4 Å². The number of fused-ring (bicyclic) bond motifs is 2. The van der Waals surface area contributed by atoms with Gasteiger partial charge >= 0.3 is 0 Å². The van der Waals surface area contributed by atoms with E-state index in [0.717, 1.165) is 35.3 Å². The molecule has 0 amide bonds. The van der Waals surface area contributed by atoms with Gasteiger partial charge in [0.15, 0.2) is 0 Å². The summed E-state index contributed by atoms with van der Waals surface area (Å²) in [5.41, 5.74) is 6.90. The quantitative estimate of drug-likeness (QED) is 0.547. The molecule has 4 aromatic rings. The Morgan fingerprint density at radius 1 is 1.20 bits per heavy atom. The van der Waals surface area contributed by atoms with Crippen LogP contribution >= 0.6 is 11.3 Å². The summed E-state index contributed by atoms with van der Waals surface area (Å²) in [5.74, 6) is 0. The number of nitrogens with zero attached hydrogens (tertiary/aromatic N) is 5. The number of hydrogen-bond donors (Lipinski definition) is 1. The minimum absolute atomic E-state index is 0.00703. The zero-order valence-corrected chi connectivity index (χ0v) is 18.5. The molecule has 1 aliphatic rings. The summed E-state index contributed by atoms with van der Waals surface area (Å²) in [4.78, 5) is 21.8. The molecular weight excluding hydrogens is 396 g/mol. The molecule has 156 valence electrons. The normalized spacial score (nSPS) is 21.5. The van der Waals surface area contributed by atoms with Crippen molar-refractivity contribution in [2.24, 2.45) is 7.05 Å². The largest absolute Gasteiger partial charge is 0.364 e. The minimum atomic E-state index is -0.00703. The molecule has 0 bridgehead atoms. The summed E-state index contributed by atoms with van der Waals surface area (Å²) in [7, 11) is 1.79. The van der Waals surface area contributed by atoms with E-state index in [0.29, 0.717) is 12.1 Å². The fourth-order valence-electron chi connectivity index (χ4n) is 4.70. The number of aromatic nitrogens is 4. The van der Waals surface area contributed by atoms with Crippen molar-refractivity contribution in [2.45, 2.75) is 38.9 Å². The van der Waals surface area contributed by atoms with Crippen molar-refractivity contribution in [1.29, 1.82) is 0 Å². The highest BCUT2D eigenvalue weighted by atomic mass is 32.1. The molecule has 0 radical (unpaired) electrons. The molecular formula is C22H26N6OS. The highest BCUT2D eigenvalue weighted by Gasteiger charge is 2.33. The second-order valence-electron chi connectivity index (χ2n) is 8.35. The molecule has 7 nitrogen and oxygen atoms in total. The first kappa shape index (κ1) is 19.3. The first-order valence-electron chi connectivity index (χ1n) is 10.3. The summed E-state index contributed by atoms with van der Waals surface area (Å²) < 4.78 is 2.88. The molecule has 1 unspecified atom stereocenters. The summed E-state index contributed by atoms with van der Waals surface area (Å²) in [6.07, 6.45) is 1.79. The molecule has 30 heavy (non-hydrogen) atoms. The molecule has 4 heterocycles. The molecule has 5 rings (SSSR count). The molecule has 1 fully saturated rings. The third-order valence-electron chi connectivity index (χ3n) is 6.49. The molecule has 3 atom stereocenters. The third kappa shape index (κ3) is 3.02. The zero-order valence-electron chi connectivity index (χ0n) is 17.7. The first-order valence-corrected chi connectivity index (χ1v) is 11.2. The fraction of sp³-hybridized carbons (Fsp3) is 0.409. The number of anilines is 1. The van der Waals surface area contributed by atoms with Gasteiger partial charge in [0.1, 0.15) is 5.52 Å². The van der Waals surface area contributed by atoms with Crippen LogP contribution in [0.25, 0.3) is 21.3 Å². The number of aryl methyl sites for hydroxylation is 1. The number of nitrogens with one attached hydrogen (secondary N) is 1. The number of thiazole rings is 1. The van der Waals surface area contributed by atoms with Crippen LogP contribution in [0.4, 0.5) is 5.69 Å². The van der Waals surface area contributed by atoms with Gasteiger partial charge in [-0.25, -0.2) is 4.98 Å². The van der Waals surface area contributed by atoms with Gasteiger partial charge in [0.25, 0.3) is 5.56 Å². The van der Waals surface area contributed by atoms with Crippen LogP contribution in [0.2, 0.25) is 0 Å². The Morgan fingerprint density at radius 3 is 2.87 bits per heavy atom. The van der Waals surface area contributed by atoms with Gasteiger partial charge in [-0.3, -0.25) is 14.8 Å². The van der Waals surface area contributed by atoms with Gasteiger partial charge in [0, 0.05) is 50.5 Å². The lowest BCUT2D eigenvalue weighted by molar-refractivity contribution is 0.119. The van der Waals surface area contributed by atoms with Gasteiger partial charge in [-0.15, -0.1) is 11.3 Å². The van der Waals surface area contributed by atoms with Crippen LogP contribution in [0.5, 0.6) is 0 Å². The van der Waals surface area contributed by atoms with Crippen LogP contribution in [0.3, 0.4) is 0 Å². The van der Waals surface area contributed by atoms with Gasteiger partial charge in [0.05, 0.1) is 26.9 Å². The molecule has 1 saturated heterocycles. The van der Waals surface area contributed by atoms with Crippen molar-refractivity contribution in [3.63, 3.8) is 0 Å². The Kier molecular flexibility index (Phi) is 4.63. The summed E-state index contributed by atoms with van der Waals surface area (Å²) >= 11 is 1.69. The number of rotatable bonds is 3. The molecule has 0 spiro atoms. The van der Waals surface area contributed by atoms with Crippen molar-refractivity contribution >= 4 is 38.3 Å². The monoisotopic (exact) mass is 422 g/mol. The maximum Gasteiger partial charge on any atom is 0.252 e. The van der Waals surface area contributed by atoms with Crippen LogP contribution in [0.15, 0.2) is 40.8 Å². The predicted octanol–water partition coefficient (Wildman–Crippen LogP) is 3.53. The standard InChI is InChI=1S/C22H26N6OS/c1-13-11-28(18-8-21(29)26(4)19-9-24-25-22(18)19)14(2)10-27(13)15(3)16-5-6-17-20(7-16)30-12-23-17/h5-9,12-15H,10-11H2,1-4H3,(H,24,25)/t13-,14+,15?/m1/s1. The highest BCUT2D eigenvalue weighted by molar-refractivity contribution is 7.16. The Labute approximate surface area is 178 Å². The van der Waals surface area contributed by atoms with E-state index < -0.39 is 0 Å². The number of hydrogen-bond acceptors (Lipinski definition) is 6. The number of piperazine rings is 1. The summed E-state index contributed by atoms with van der Waals surface area (Å²) in [5, 5.41) is 7.36. The highest BCUT2D eigenvalue weighted by Crippen LogP contribution is 2.33. The Balaban J connectivity index is 1.44.